The van der Waals surface area contributed by atoms with Crippen molar-refractivity contribution in [1.82, 2.24) is 10.6 Å². The lowest BCUT2D eigenvalue weighted by Gasteiger charge is -2.13. The predicted molar refractivity (Wildman–Crippen MR) is 129 cm³/mol. The highest BCUT2D eigenvalue weighted by molar-refractivity contribution is 14.0. The molecule has 0 radical (unpaired) electrons. The van der Waals surface area contributed by atoms with Crippen molar-refractivity contribution in [3.8, 4) is 11.5 Å². The average molecular weight is 526 g/mol. The van der Waals surface area contributed by atoms with E-state index in [0.717, 1.165) is 17.5 Å². The minimum Gasteiger partial charge on any atom is -0.493 e. The van der Waals surface area contributed by atoms with Gasteiger partial charge in [-0.1, -0.05) is 24.3 Å². The highest BCUT2D eigenvalue weighted by Crippen LogP contribution is 2.27. The van der Waals surface area contributed by atoms with E-state index in [2.05, 4.69) is 22.2 Å². The molecule has 0 aliphatic rings. The third kappa shape index (κ3) is 7.90. The molecule has 2 rings (SSSR count). The maximum absolute atomic E-state index is 10.7. The fourth-order valence-corrected chi connectivity index (χ4v) is 2.60. The van der Waals surface area contributed by atoms with Crippen molar-refractivity contribution in [3.63, 3.8) is 0 Å². The van der Waals surface area contributed by atoms with Crippen LogP contribution in [0.4, 0.5) is 5.69 Å². The number of ether oxygens (including phenoxy) is 2. The van der Waals surface area contributed by atoms with Gasteiger partial charge in [-0.15, -0.1) is 30.6 Å². The molecule has 0 saturated heterocycles. The van der Waals surface area contributed by atoms with Crippen LogP contribution in [-0.2, 0) is 13.0 Å². The van der Waals surface area contributed by atoms with Crippen LogP contribution in [0.2, 0.25) is 0 Å². The Morgan fingerprint density at radius 1 is 1.10 bits per heavy atom. The fraction of sp³-hybridized carbons (Fsp3) is 0.286. The van der Waals surface area contributed by atoms with E-state index in [4.69, 9.17) is 9.47 Å². The first-order valence-electron chi connectivity index (χ1n) is 9.14. The highest BCUT2D eigenvalue weighted by atomic mass is 127. The fourth-order valence-electron chi connectivity index (χ4n) is 2.60. The number of nitrogens with one attached hydrogen (secondary N) is 2. The highest BCUT2D eigenvalue weighted by Gasteiger charge is 2.06. The quantitative estimate of drug-likeness (QED) is 0.122. The number of hydrogen-bond acceptors (Lipinski definition) is 5. The van der Waals surface area contributed by atoms with E-state index >= 15 is 0 Å². The molecule has 0 fully saturated rings. The van der Waals surface area contributed by atoms with Gasteiger partial charge in [-0.05, 0) is 29.7 Å². The average Bonchev–Trinajstić information content (AvgIpc) is 2.75. The topological polar surface area (TPSA) is 98.0 Å². The number of aliphatic imine (C=N–C) groups is 1. The summed E-state index contributed by atoms with van der Waals surface area (Å²) in [5, 5.41) is 17.2. The largest absolute Gasteiger partial charge is 0.493 e. The van der Waals surface area contributed by atoms with Crippen molar-refractivity contribution < 1.29 is 14.4 Å². The molecule has 0 atom stereocenters. The first-order chi connectivity index (χ1) is 14.1. The molecule has 2 N–H and O–H groups in total. The Bertz CT molecular complexity index is 857. The molecule has 30 heavy (non-hydrogen) atoms. The van der Waals surface area contributed by atoms with Crippen LogP contribution in [0.3, 0.4) is 0 Å². The molecule has 0 aliphatic heterocycles. The zero-order chi connectivity index (χ0) is 21.1. The van der Waals surface area contributed by atoms with Crippen LogP contribution < -0.4 is 20.1 Å². The summed E-state index contributed by atoms with van der Waals surface area (Å²) in [6.45, 7) is 5.35. The molecule has 0 heterocycles. The van der Waals surface area contributed by atoms with Crippen LogP contribution in [0.1, 0.15) is 11.1 Å². The monoisotopic (exact) mass is 526 g/mol. The first-order valence-corrected chi connectivity index (χ1v) is 9.14. The third-order valence-electron chi connectivity index (χ3n) is 4.13. The molecule has 0 aliphatic carbocycles. The van der Waals surface area contributed by atoms with Gasteiger partial charge in [0.1, 0.15) is 0 Å². The number of benzene rings is 2. The summed E-state index contributed by atoms with van der Waals surface area (Å²) in [7, 11) is 3.22. The SMILES string of the molecule is C=CCNC(=NCc1ccc([N+](=O)[O-])cc1)NCCc1ccc(OC)c(OC)c1.I. The van der Waals surface area contributed by atoms with E-state index in [0.29, 0.717) is 37.1 Å². The molecule has 8 nitrogen and oxygen atoms in total. The second kappa shape index (κ2) is 13.4. The Hall–Kier alpha value is -2.82. The van der Waals surface area contributed by atoms with Crippen molar-refractivity contribution in [2.24, 2.45) is 4.99 Å². The Kier molecular flexibility index (Phi) is 11.3. The van der Waals surface area contributed by atoms with Gasteiger partial charge in [-0.2, -0.15) is 0 Å². The van der Waals surface area contributed by atoms with Gasteiger partial charge < -0.3 is 20.1 Å². The Morgan fingerprint density at radius 2 is 1.77 bits per heavy atom. The lowest BCUT2D eigenvalue weighted by molar-refractivity contribution is -0.384. The Labute approximate surface area is 193 Å². The molecule has 0 amide bonds. The molecular formula is C21H27IN4O4. The number of rotatable bonds is 10. The van der Waals surface area contributed by atoms with Gasteiger partial charge in [0.15, 0.2) is 17.5 Å². The molecular weight excluding hydrogens is 499 g/mol. The van der Waals surface area contributed by atoms with Crippen molar-refractivity contribution >= 4 is 35.6 Å². The van der Waals surface area contributed by atoms with Gasteiger partial charge in [0.05, 0.1) is 25.7 Å². The Morgan fingerprint density at radius 3 is 2.37 bits per heavy atom. The number of nitrogens with zero attached hydrogens (tertiary/aromatic N) is 2. The summed E-state index contributed by atoms with van der Waals surface area (Å²) in [4.78, 5) is 14.9. The number of guanidine groups is 1. The molecule has 162 valence electrons. The molecule has 0 bridgehead atoms. The zero-order valence-corrected chi connectivity index (χ0v) is 19.4. The lowest BCUT2D eigenvalue weighted by Crippen LogP contribution is -2.38. The summed E-state index contributed by atoms with van der Waals surface area (Å²) >= 11 is 0. The maximum Gasteiger partial charge on any atom is 0.269 e. The van der Waals surface area contributed by atoms with E-state index in [1.807, 2.05) is 18.2 Å². The van der Waals surface area contributed by atoms with Gasteiger partial charge in [0.25, 0.3) is 5.69 Å². The van der Waals surface area contributed by atoms with Crippen LogP contribution in [0, 0.1) is 10.1 Å². The van der Waals surface area contributed by atoms with Crippen molar-refractivity contribution in [2.75, 3.05) is 27.3 Å². The number of non-ortho nitro benzene ring substituents is 1. The standard InChI is InChI=1S/C21H26N4O4.HI/c1-4-12-22-21(24-15-17-5-8-18(9-6-17)25(26)27)23-13-11-16-7-10-19(28-2)20(14-16)29-3;/h4-10,14H,1,11-13,15H2,2-3H3,(H2,22,23,24);1H. The number of methoxy groups -OCH3 is 2. The molecule has 0 aromatic heterocycles. The van der Waals surface area contributed by atoms with E-state index in [9.17, 15) is 10.1 Å². The third-order valence-corrected chi connectivity index (χ3v) is 4.13. The molecule has 2 aromatic rings. The van der Waals surface area contributed by atoms with Crippen molar-refractivity contribution in [1.29, 1.82) is 0 Å². The van der Waals surface area contributed by atoms with E-state index in [-0.39, 0.29) is 29.7 Å². The van der Waals surface area contributed by atoms with Crippen LogP contribution in [0.15, 0.2) is 60.1 Å². The summed E-state index contributed by atoms with van der Waals surface area (Å²) < 4.78 is 10.6. The predicted octanol–water partition coefficient (Wildman–Crippen LogP) is 3.69. The summed E-state index contributed by atoms with van der Waals surface area (Å²) in [6, 6.07) is 12.2. The first kappa shape index (κ1) is 25.2. The number of nitro benzene ring substituents is 1. The molecule has 9 heteroatoms. The second-order valence-corrected chi connectivity index (χ2v) is 6.12. The van der Waals surface area contributed by atoms with E-state index in [1.165, 1.54) is 12.1 Å². The number of halogens is 1. The number of hydrogen-bond donors (Lipinski definition) is 2. The van der Waals surface area contributed by atoms with Crippen LogP contribution in [-0.4, -0.2) is 38.2 Å². The van der Waals surface area contributed by atoms with Crippen LogP contribution in [0.5, 0.6) is 11.5 Å². The van der Waals surface area contributed by atoms with Gasteiger partial charge in [-0.3, -0.25) is 10.1 Å². The minimum atomic E-state index is -0.417. The van der Waals surface area contributed by atoms with Gasteiger partial charge >= 0.3 is 0 Å². The van der Waals surface area contributed by atoms with Crippen molar-refractivity contribution in [3.05, 3.63) is 76.4 Å². The van der Waals surface area contributed by atoms with Crippen LogP contribution in [0.25, 0.3) is 0 Å². The van der Waals surface area contributed by atoms with Gasteiger partial charge in [-0.25, -0.2) is 4.99 Å². The second-order valence-electron chi connectivity index (χ2n) is 6.12. The summed E-state index contributed by atoms with van der Waals surface area (Å²) in [6.07, 6.45) is 2.52. The molecule has 0 unspecified atom stereocenters. The summed E-state index contributed by atoms with van der Waals surface area (Å²) in [5.41, 5.74) is 2.06. The van der Waals surface area contributed by atoms with Crippen LogP contribution >= 0.6 is 24.0 Å². The smallest absolute Gasteiger partial charge is 0.269 e. The number of nitro groups is 1. The maximum atomic E-state index is 10.7. The van der Waals surface area contributed by atoms with E-state index < -0.39 is 4.92 Å². The minimum absolute atomic E-state index is 0. The Balaban J connectivity index is 0.00000450. The van der Waals surface area contributed by atoms with Gasteiger partial charge in [0.2, 0.25) is 0 Å². The van der Waals surface area contributed by atoms with Gasteiger partial charge in [0, 0.05) is 25.2 Å². The summed E-state index contributed by atoms with van der Waals surface area (Å²) in [5.74, 6) is 2.03. The molecule has 2 aromatic carbocycles. The zero-order valence-electron chi connectivity index (χ0n) is 17.1. The normalized spacial score (nSPS) is 10.5. The molecule has 0 spiro atoms. The van der Waals surface area contributed by atoms with E-state index in [1.54, 1.807) is 32.4 Å². The molecule has 0 saturated carbocycles. The lowest BCUT2D eigenvalue weighted by atomic mass is 10.1. The van der Waals surface area contributed by atoms with Crippen molar-refractivity contribution in [2.45, 2.75) is 13.0 Å².